The number of hydrogen-bond donors (Lipinski definition) is 0. The van der Waals surface area contributed by atoms with Crippen molar-refractivity contribution in [2.24, 2.45) is 0 Å². The number of carbonyl (C=O) groups is 1. The topological polar surface area (TPSA) is 49.3 Å². The van der Waals surface area contributed by atoms with E-state index in [-0.39, 0.29) is 11.4 Å². The monoisotopic (exact) mass is 334 g/mol. The first-order valence-electron chi connectivity index (χ1n) is 8.78. The second-order valence-corrected chi connectivity index (χ2v) is 6.78. The summed E-state index contributed by atoms with van der Waals surface area (Å²) in [6.45, 7) is 6.18. The van der Waals surface area contributed by atoms with Crippen LogP contribution >= 0.6 is 0 Å². The Morgan fingerprint density at radius 1 is 1.08 bits per heavy atom. The van der Waals surface area contributed by atoms with E-state index in [2.05, 4.69) is 39.6 Å². The van der Waals surface area contributed by atoms with Gasteiger partial charge in [0.25, 0.3) is 0 Å². The summed E-state index contributed by atoms with van der Waals surface area (Å²) in [5.74, 6) is 1.03. The molecule has 1 aromatic heterocycles. The summed E-state index contributed by atoms with van der Waals surface area (Å²) >= 11 is 0. The molecule has 1 amide bonds. The molecular weight excluding hydrogens is 312 g/mol. The van der Waals surface area contributed by atoms with E-state index < -0.39 is 0 Å². The zero-order valence-corrected chi connectivity index (χ0v) is 14.3. The maximum Gasteiger partial charge on any atom is 0.245 e. The molecule has 0 aliphatic carbocycles. The summed E-state index contributed by atoms with van der Waals surface area (Å²) in [7, 11) is 0. The minimum absolute atomic E-state index is 0.0362. The second-order valence-electron chi connectivity index (χ2n) is 6.78. The van der Waals surface area contributed by atoms with Crippen LogP contribution in [0.3, 0.4) is 0 Å². The maximum absolute atomic E-state index is 11.8. The molecule has 5 nitrogen and oxygen atoms in total. The first kappa shape index (κ1) is 15.8. The Morgan fingerprint density at radius 2 is 1.80 bits per heavy atom. The fraction of sp³-hybridized carbons (Fsp3) is 0.350. The third-order valence-electron chi connectivity index (χ3n) is 5.55. The van der Waals surface area contributed by atoms with E-state index in [1.54, 1.807) is 6.33 Å². The molecule has 128 valence electrons. The normalized spacial score (nSPS) is 18.7. The zero-order chi connectivity index (χ0) is 17.3. The molecule has 1 spiro atoms. The van der Waals surface area contributed by atoms with Crippen LogP contribution in [0.5, 0.6) is 0 Å². The molecule has 0 atom stereocenters. The molecule has 0 radical (unpaired) electrons. The van der Waals surface area contributed by atoms with Crippen LogP contribution in [0.4, 0.5) is 5.82 Å². The first-order valence-corrected chi connectivity index (χ1v) is 8.78. The van der Waals surface area contributed by atoms with E-state index in [0.29, 0.717) is 0 Å². The van der Waals surface area contributed by atoms with Crippen molar-refractivity contribution >= 4 is 11.7 Å². The number of aromatic nitrogens is 2. The van der Waals surface area contributed by atoms with E-state index >= 15 is 0 Å². The van der Waals surface area contributed by atoms with E-state index in [4.69, 9.17) is 0 Å². The minimum atomic E-state index is 0.0362. The number of likely N-dealkylation sites (tertiary alicyclic amines) is 1. The molecule has 2 saturated heterocycles. The number of rotatable bonds is 3. The van der Waals surface area contributed by atoms with Gasteiger partial charge < -0.3 is 9.80 Å². The van der Waals surface area contributed by atoms with Gasteiger partial charge in [0.1, 0.15) is 12.1 Å². The van der Waals surface area contributed by atoms with Crippen LogP contribution in [0.1, 0.15) is 19.3 Å². The lowest BCUT2D eigenvalue weighted by atomic mass is 9.76. The third-order valence-corrected chi connectivity index (χ3v) is 5.55. The summed E-state index contributed by atoms with van der Waals surface area (Å²) in [5, 5.41) is 0. The van der Waals surface area contributed by atoms with Gasteiger partial charge >= 0.3 is 0 Å². The van der Waals surface area contributed by atoms with Crippen LogP contribution in [0.15, 0.2) is 55.4 Å². The van der Waals surface area contributed by atoms with Crippen molar-refractivity contribution in [1.82, 2.24) is 14.9 Å². The maximum atomic E-state index is 11.8. The lowest BCUT2D eigenvalue weighted by Gasteiger charge is -2.57. The lowest BCUT2D eigenvalue weighted by Crippen LogP contribution is -2.65. The Morgan fingerprint density at radius 3 is 2.44 bits per heavy atom. The molecule has 5 heteroatoms. The lowest BCUT2D eigenvalue weighted by molar-refractivity contribution is -0.127. The number of anilines is 1. The number of benzene rings is 1. The highest BCUT2D eigenvalue weighted by atomic mass is 16.2. The van der Waals surface area contributed by atoms with Gasteiger partial charge in [-0.15, -0.1) is 0 Å². The summed E-state index contributed by atoms with van der Waals surface area (Å²) in [5.41, 5.74) is 2.19. The fourth-order valence-electron chi connectivity index (χ4n) is 3.95. The quantitative estimate of drug-likeness (QED) is 0.810. The van der Waals surface area contributed by atoms with E-state index in [9.17, 15) is 4.79 Å². The van der Waals surface area contributed by atoms with Crippen molar-refractivity contribution < 1.29 is 4.79 Å². The Hall–Kier alpha value is -2.69. The van der Waals surface area contributed by atoms with Gasteiger partial charge in [-0.3, -0.25) is 4.79 Å². The van der Waals surface area contributed by atoms with Gasteiger partial charge in [0.05, 0.1) is 5.69 Å². The van der Waals surface area contributed by atoms with Crippen molar-refractivity contribution in [2.45, 2.75) is 24.8 Å². The molecule has 1 aromatic carbocycles. The van der Waals surface area contributed by atoms with Gasteiger partial charge in [-0.1, -0.05) is 36.9 Å². The van der Waals surface area contributed by atoms with Gasteiger partial charge in [0.15, 0.2) is 0 Å². The van der Waals surface area contributed by atoms with E-state index in [1.165, 1.54) is 6.08 Å². The largest absolute Gasteiger partial charge is 0.351 e. The van der Waals surface area contributed by atoms with Crippen molar-refractivity contribution in [1.29, 1.82) is 0 Å². The van der Waals surface area contributed by atoms with Crippen molar-refractivity contribution in [3.8, 4) is 11.3 Å². The van der Waals surface area contributed by atoms with E-state index in [1.807, 2.05) is 23.1 Å². The fourth-order valence-corrected chi connectivity index (χ4v) is 3.95. The highest BCUT2D eigenvalue weighted by Crippen LogP contribution is 2.42. The molecule has 2 aliphatic heterocycles. The SMILES string of the molecule is C=CC(=O)N1CCC2(CC1)CCN2c1cc(-c2ccccc2)ncn1. The second kappa shape index (κ2) is 6.31. The van der Waals surface area contributed by atoms with Crippen LogP contribution in [-0.4, -0.2) is 45.9 Å². The molecule has 25 heavy (non-hydrogen) atoms. The first-order chi connectivity index (χ1) is 12.2. The molecule has 2 aliphatic rings. The zero-order valence-electron chi connectivity index (χ0n) is 14.3. The van der Waals surface area contributed by atoms with Crippen LogP contribution in [-0.2, 0) is 4.79 Å². The molecule has 0 unspecified atom stereocenters. The van der Waals surface area contributed by atoms with Gasteiger partial charge in [-0.2, -0.15) is 0 Å². The van der Waals surface area contributed by atoms with Gasteiger partial charge in [-0.05, 0) is 25.3 Å². The standard InChI is InChI=1S/C20H22N4O/c1-2-19(25)23-11-8-20(9-12-23)10-13-24(20)18-14-17(21-15-22-18)16-6-4-3-5-7-16/h2-7,14-15H,1,8-13H2. The summed E-state index contributed by atoms with van der Waals surface area (Å²) in [6.07, 6.45) is 6.19. The summed E-state index contributed by atoms with van der Waals surface area (Å²) < 4.78 is 0. The number of carbonyl (C=O) groups excluding carboxylic acids is 1. The smallest absolute Gasteiger partial charge is 0.245 e. The van der Waals surface area contributed by atoms with Crippen molar-refractivity contribution in [3.63, 3.8) is 0 Å². The Kier molecular flexibility index (Phi) is 3.99. The highest BCUT2D eigenvalue weighted by Gasteiger charge is 2.47. The predicted octanol–water partition coefficient (Wildman–Crippen LogP) is 2.90. The van der Waals surface area contributed by atoms with Gasteiger partial charge in [0, 0.05) is 36.8 Å². The number of piperidine rings is 1. The van der Waals surface area contributed by atoms with Crippen LogP contribution < -0.4 is 4.90 Å². The Bertz CT molecular complexity index is 781. The predicted molar refractivity (Wildman–Crippen MR) is 98.2 cm³/mol. The number of hydrogen-bond acceptors (Lipinski definition) is 4. The average molecular weight is 334 g/mol. The molecule has 0 saturated carbocycles. The summed E-state index contributed by atoms with van der Waals surface area (Å²) in [4.78, 5) is 25.1. The van der Waals surface area contributed by atoms with Crippen molar-refractivity contribution in [3.05, 3.63) is 55.4 Å². The van der Waals surface area contributed by atoms with Gasteiger partial charge in [-0.25, -0.2) is 9.97 Å². The molecule has 2 fully saturated rings. The molecule has 0 bridgehead atoms. The third kappa shape index (κ3) is 2.80. The summed E-state index contributed by atoms with van der Waals surface area (Å²) in [6, 6.07) is 12.3. The minimum Gasteiger partial charge on any atom is -0.351 e. The van der Waals surface area contributed by atoms with Crippen LogP contribution in [0.25, 0.3) is 11.3 Å². The Balaban J connectivity index is 1.53. The van der Waals surface area contributed by atoms with Crippen molar-refractivity contribution in [2.75, 3.05) is 24.5 Å². The molecule has 2 aromatic rings. The molecule has 3 heterocycles. The molecule has 0 N–H and O–H groups in total. The molecule has 4 rings (SSSR count). The average Bonchev–Trinajstić information content (AvgIpc) is 2.67. The number of amides is 1. The highest BCUT2D eigenvalue weighted by molar-refractivity contribution is 5.87. The Labute approximate surface area is 148 Å². The molecular formula is C20H22N4O. The van der Waals surface area contributed by atoms with Gasteiger partial charge in [0.2, 0.25) is 5.91 Å². The number of nitrogens with zero attached hydrogens (tertiary/aromatic N) is 4. The van der Waals surface area contributed by atoms with E-state index in [0.717, 1.165) is 56.0 Å². The van der Waals surface area contributed by atoms with Crippen LogP contribution in [0, 0.1) is 0 Å². The van der Waals surface area contributed by atoms with Crippen LogP contribution in [0.2, 0.25) is 0 Å².